The van der Waals surface area contributed by atoms with Crippen LogP contribution < -0.4 is 16.0 Å². The van der Waals surface area contributed by atoms with Gasteiger partial charge >= 0.3 is 0 Å². The molecule has 110 valence electrons. The van der Waals surface area contributed by atoms with Gasteiger partial charge in [-0.15, -0.1) is 0 Å². The second-order valence-electron chi connectivity index (χ2n) is 4.78. The molecule has 0 aliphatic heterocycles. The first-order chi connectivity index (χ1) is 9.67. The molecule has 0 saturated heterocycles. The molecule has 3 N–H and O–H groups in total. The molecule has 0 radical (unpaired) electrons. The number of ether oxygens (including phenoxy) is 1. The molecule has 2 aromatic rings. The molecule has 1 atom stereocenters. The van der Waals surface area contributed by atoms with Crippen LogP contribution in [0.5, 0.6) is 5.75 Å². The van der Waals surface area contributed by atoms with Crippen molar-refractivity contribution in [3.05, 3.63) is 34.3 Å². The van der Waals surface area contributed by atoms with E-state index in [-0.39, 0.29) is 6.04 Å². The average molecular weight is 295 g/mol. The molecule has 0 aromatic carbocycles. The summed E-state index contributed by atoms with van der Waals surface area (Å²) in [6, 6.07) is 1.93. The topological polar surface area (TPSA) is 68.3 Å². The minimum Gasteiger partial charge on any atom is -0.493 e. The number of hydrazine groups is 1. The van der Waals surface area contributed by atoms with Gasteiger partial charge in [-0.1, -0.05) is 0 Å². The standard InChI is InChI=1S/C13H21N5OS/c1-17(2)5-6-18-13(11(19-3)8-15-18)12(16-14)10-4-7-20-9-10/h4,7-9,12,16H,5-6,14H2,1-3H3. The zero-order chi connectivity index (χ0) is 14.5. The Morgan fingerprint density at radius 1 is 1.55 bits per heavy atom. The molecule has 6 nitrogen and oxygen atoms in total. The van der Waals surface area contributed by atoms with Crippen molar-refractivity contribution in [1.82, 2.24) is 20.1 Å². The van der Waals surface area contributed by atoms with E-state index in [0.717, 1.165) is 30.1 Å². The first-order valence-corrected chi connectivity index (χ1v) is 7.34. The van der Waals surface area contributed by atoms with E-state index in [9.17, 15) is 0 Å². The van der Waals surface area contributed by atoms with Crippen LogP contribution in [0.4, 0.5) is 0 Å². The summed E-state index contributed by atoms with van der Waals surface area (Å²) in [5.41, 5.74) is 4.93. The highest BCUT2D eigenvalue weighted by Gasteiger charge is 2.23. The van der Waals surface area contributed by atoms with Crippen LogP contribution in [-0.2, 0) is 6.54 Å². The van der Waals surface area contributed by atoms with E-state index in [1.54, 1.807) is 24.6 Å². The monoisotopic (exact) mass is 295 g/mol. The van der Waals surface area contributed by atoms with Crippen molar-refractivity contribution in [3.63, 3.8) is 0 Å². The van der Waals surface area contributed by atoms with Crippen molar-refractivity contribution >= 4 is 11.3 Å². The lowest BCUT2D eigenvalue weighted by molar-refractivity contribution is 0.359. The van der Waals surface area contributed by atoms with Crippen molar-refractivity contribution in [3.8, 4) is 5.75 Å². The number of rotatable bonds is 7. The van der Waals surface area contributed by atoms with E-state index in [1.165, 1.54) is 0 Å². The van der Waals surface area contributed by atoms with Gasteiger partial charge in [-0.3, -0.25) is 10.5 Å². The number of hydrogen-bond acceptors (Lipinski definition) is 6. The fourth-order valence-corrected chi connectivity index (χ4v) is 2.76. The van der Waals surface area contributed by atoms with Crippen LogP contribution in [0.2, 0.25) is 0 Å². The molecule has 7 heteroatoms. The van der Waals surface area contributed by atoms with Crippen LogP contribution >= 0.6 is 11.3 Å². The highest BCUT2D eigenvalue weighted by molar-refractivity contribution is 7.08. The van der Waals surface area contributed by atoms with Crippen molar-refractivity contribution in [2.24, 2.45) is 5.84 Å². The van der Waals surface area contributed by atoms with Gasteiger partial charge in [-0.2, -0.15) is 16.4 Å². The molecule has 0 bridgehead atoms. The summed E-state index contributed by atoms with van der Waals surface area (Å²) < 4.78 is 7.37. The maximum Gasteiger partial charge on any atom is 0.161 e. The molecule has 2 aromatic heterocycles. The van der Waals surface area contributed by atoms with E-state index in [2.05, 4.69) is 26.9 Å². The lowest BCUT2D eigenvalue weighted by Gasteiger charge is -2.19. The van der Waals surface area contributed by atoms with Crippen molar-refractivity contribution in [2.45, 2.75) is 12.6 Å². The van der Waals surface area contributed by atoms with Crippen LogP contribution in [0.3, 0.4) is 0 Å². The van der Waals surface area contributed by atoms with Crippen molar-refractivity contribution < 1.29 is 4.74 Å². The van der Waals surface area contributed by atoms with Gasteiger partial charge in [0.15, 0.2) is 5.75 Å². The van der Waals surface area contributed by atoms with Crippen LogP contribution in [0, 0.1) is 0 Å². The second kappa shape index (κ2) is 6.85. The molecule has 0 spiro atoms. The second-order valence-corrected chi connectivity index (χ2v) is 5.56. The van der Waals surface area contributed by atoms with Gasteiger partial charge < -0.3 is 9.64 Å². The van der Waals surface area contributed by atoms with Crippen LogP contribution in [0.1, 0.15) is 17.3 Å². The van der Waals surface area contributed by atoms with Crippen LogP contribution in [-0.4, -0.2) is 42.4 Å². The maximum atomic E-state index is 5.75. The number of methoxy groups -OCH3 is 1. The highest BCUT2D eigenvalue weighted by atomic mass is 32.1. The van der Waals surface area contributed by atoms with Gasteiger partial charge in [0.1, 0.15) is 5.69 Å². The SMILES string of the molecule is COc1cnn(CCN(C)C)c1C(NN)c1ccsc1. The highest BCUT2D eigenvalue weighted by Crippen LogP contribution is 2.30. The predicted octanol–water partition coefficient (Wildman–Crippen LogP) is 1.07. The first-order valence-electron chi connectivity index (χ1n) is 6.40. The maximum absolute atomic E-state index is 5.75. The normalized spacial score (nSPS) is 12.8. The van der Waals surface area contributed by atoms with Gasteiger partial charge in [0.25, 0.3) is 0 Å². The number of thiophene rings is 1. The fraction of sp³-hybridized carbons (Fsp3) is 0.462. The Kier molecular flexibility index (Phi) is 5.13. The molecule has 0 aliphatic carbocycles. The number of hydrogen-bond donors (Lipinski definition) is 2. The minimum atomic E-state index is -0.124. The Hall–Kier alpha value is -1.41. The molecule has 2 heterocycles. The summed E-state index contributed by atoms with van der Waals surface area (Å²) in [5, 5.41) is 8.52. The predicted molar refractivity (Wildman–Crippen MR) is 80.8 cm³/mol. The molecular weight excluding hydrogens is 274 g/mol. The largest absolute Gasteiger partial charge is 0.493 e. The third-order valence-electron chi connectivity index (χ3n) is 3.14. The molecule has 1 unspecified atom stereocenters. The third kappa shape index (κ3) is 3.18. The smallest absolute Gasteiger partial charge is 0.161 e. The number of nitrogens with zero attached hydrogens (tertiary/aromatic N) is 3. The Bertz CT molecular complexity index is 523. The quantitative estimate of drug-likeness (QED) is 0.591. The summed E-state index contributed by atoms with van der Waals surface area (Å²) in [6.45, 7) is 1.69. The van der Waals surface area contributed by atoms with Gasteiger partial charge in [0, 0.05) is 6.54 Å². The van der Waals surface area contributed by atoms with Crippen LogP contribution in [0.15, 0.2) is 23.0 Å². The van der Waals surface area contributed by atoms with E-state index in [4.69, 9.17) is 10.6 Å². The number of likely N-dealkylation sites (N-methyl/N-ethyl adjacent to an activating group) is 1. The first kappa shape index (κ1) is 15.0. The fourth-order valence-electron chi connectivity index (χ4n) is 2.07. The number of nitrogens with one attached hydrogen (secondary N) is 1. The lowest BCUT2D eigenvalue weighted by Crippen LogP contribution is -2.31. The van der Waals surface area contributed by atoms with Crippen LogP contribution in [0.25, 0.3) is 0 Å². The zero-order valence-corrected chi connectivity index (χ0v) is 12.9. The summed E-state index contributed by atoms with van der Waals surface area (Å²) in [5.74, 6) is 6.50. The minimum absolute atomic E-state index is 0.124. The van der Waals surface area contributed by atoms with Crippen molar-refractivity contribution in [2.75, 3.05) is 27.7 Å². The number of nitrogens with two attached hydrogens (primary N) is 1. The molecule has 20 heavy (non-hydrogen) atoms. The van der Waals surface area contributed by atoms with E-state index < -0.39 is 0 Å². The summed E-state index contributed by atoms with van der Waals surface area (Å²) >= 11 is 1.64. The lowest BCUT2D eigenvalue weighted by atomic mass is 10.1. The van der Waals surface area contributed by atoms with E-state index in [0.29, 0.717) is 0 Å². The number of aromatic nitrogens is 2. The molecule has 2 rings (SSSR count). The van der Waals surface area contributed by atoms with Gasteiger partial charge in [-0.05, 0) is 36.5 Å². The molecule has 0 aliphatic rings. The average Bonchev–Trinajstić information content (AvgIpc) is 3.07. The summed E-state index contributed by atoms with van der Waals surface area (Å²) in [4.78, 5) is 2.12. The molecular formula is C13H21N5OS. The third-order valence-corrected chi connectivity index (χ3v) is 3.84. The molecule has 0 amide bonds. The van der Waals surface area contributed by atoms with E-state index in [1.807, 2.05) is 24.2 Å². The Morgan fingerprint density at radius 2 is 2.35 bits per heavy atom. The Balaban J connectivity index is 2.34. The van der Waals surface area contributed by atoms with Gasteiger partial charge in [0.2, 0.25) is 0 Å². The van der Waals surface area contributed by atoms with E-state index >= 15 is 0 Å². The van der Waals surface area contributed by atoms with Gasteiger partial charge in [0.05, 0.1) is 25.9 Å². The molecule has 0 saturated carbocycles. The van der Waals surface area contributed by atoms with Gasteiger partial charge in [-0.25, -0.2) is 5.43 Å². The molecule has 0 fully saturated rings. The Morgan fingerprint density at radius 3 is 2.90 bits per heavy atom. The van der Waals surface area contributed by atoms with Crippen molar-refractivity contribution in [1.29, 1.82) is 0 Å². The summed E-state index contributed by atoms with van der Waals surface area (Å²) in [7, 11) is 5.73. The summed E-state index contributed by atoms with van der Waals surface area (Å²) in [6.07, 6.45) is 1.74. The zero-order valence-electron chi connectivity index (χ0n) is 12.0. The Labute approximate surface area is 123 Å².